The van der Waals surface area contributed by atoms with Gasteiger partial charge in [-0.1, -0.05) is 0 Å². The third-order valence-electron chi connectivity index (χ3n) is 6.48. The van der Waals surface area contributed by atoms with E-state index >= 15 is 0 Å². The summed E-state index contributed by atoms with van der Waals surface area (Å²) in [5.74, 6) is 0. The van der Waals surface area contributed by atoms with Crippen LogP contribution in [0.3, 0.4) is 0 Å². The average molecular weight is 858 g/mol. The van der Waals surface area contributed by atoms with E-state index in [1.807, 2.05) is 0 Å². The fourth-order valence-electron chi connectivity index (χ4n) is 4.33. The van der Waals surface area contributed by atoms with Gasteiger partial charge in [-0.25, -0.2) is 0 Å². The molecule has 0 saturated carbocycles. The van der Waals surface area contributed by atoms with Crippen molar-refractivity contribution in [3.8, 4) is 0 Å². The minimum absolute atomic E-state index is 0.432. The van der Waals surface area contributed by atoms with Gasteiger partial charge < -0.3 is 0 Å². The summed E-state index contributed by atoms with van der Waals surface area (Å²) in [7, 11) is 0. The summed E-state index contributed by atoms with van der Waals surface area (Å²) in [6.45, 7) is 0. The van der Waals surface area contributed by atoms with E-state index < -0.39 is 18.0 Å². The van der Waals surface area contributed by atoms with Crippen molar-refractivity contribution in [2.24, 2.45) is 0 Å². The van der Waals surface area contributed by atoms with Crippen LogP contribution in [0.4, 0.5) is 0 Å². The topological polar surface area (TPSA) is 0 Å². The van der Waals surface area contributed by atoms with Crippen molar-refractivity contribution in [1.29, 1.82) is 0 Å². The number of hydrogen-bond donors (Lipinski definition) is 0. The molecule has 0 aliphatic rings. The summed E-state index contributed by atoms with van der Waals surface area (Å²) < 4.78 is 3.11. The maximum absolute atomic E-state index is 2.39. The molecule has 0 bridgehead atoms. The van der Waals surface area contributed by atoms with E-state index in [0.717, 1.165) is 0 Å². The second-order valence-corrected chi connectivity index (χ2v) is 41.7. The molecule has 230 valence electrons. The molecule has 0 aliphatic carbocycles. The van der Waals surface area contributed by atoms with E-state index in [9.17, 15) is 0 Å². The van der Waals surface area contributed by atoms with Gasteiger partial charge in [-0.05, 0) is 0 Å². The minimum atomic E-state index is -1.05. The van der Waals surface area contributed by atoms with Gasteiger partial charge in [0.2, 0.25) is 0 Å². The molecule has 0 N–H and O–H groups in total. The molecule has 0 atom stereocenters. The summed E-state index contributed by atoms with van der Waals surface area (Å²) in [5, 5.41) is -0.143. The summed E-state index contributed by atoms with van der Waals surface area (Å²) in [4.78, 5) is 5.62. The standard InChI is InChI=1S/C37H31P3S4Se2/c1-7-19-31(20-8-1)41-38(42-32-21-9-2-10-22-32)37(39(43-33-23-11-3-12-24-33)44-34-25-13-4-14-26-34)40(45-35-27-15-5-16-28-35)46-36-29-17-6-18-30-36/h1-30,37H/p+3. The first-order valence-electron chi connectivity index (χ1n) is 14.8. The van der Waals surface area contributed by atoms with E-state index in [0.29, 0.717) is 34.2 Å². The Kier molecular flexibility index (Phi) is 14.6. The van der Waals surface area contributed by atoms with Crippen LogP contribution < -0.4 is 8.92 Å². The molecule has 0 aromatic heterocycles. The SMILES string of the molecule is c1ccc(S[PH+](Sc2ccccc2)C([PH+](Sc2ccccc2)Sc2ccccc2)[PH+]([Se]c2ccccc2)[Se]c2ccccc2)cc1. The molecule has 0 aliphatic heterocycles. The van der Waals surface area contributed by atoms with Gasteiger partial charge in [0.05, 0.1) is 0 Å². The first-order chi connectivity index (χ1) is 22.8. The van der Waals surface area contributed by atoms with E-state index in [-0.39, 0.29) is 0 Å². The second kappa shape index (κ2) is 19.3. The van der Waals surface area contributed by atoms with Crippen LogP contribution in [0, 0.1) is 0 Å². The molecule has 0 fully saturated rings. The first-order valence-corrected chi connectivity index (χ1v) is 32.3. The Balaban J connectivity index is 1.50. The zero-order valence-corrected chi connectivity index (χ0v) is 34.5. The van der Waals surface area contributed by atoms with Crippen molar-refractivity contribution in [3.05, 3.63) is 182 Å². The molecule has 6 rings (SSSR count). The van der Waals surface area contributed by atoms with Crippen molar-refractivity contribution in [1.82, 2.24) is 0 Å². The monoisotopic (exact) mass is 859 g/mol. The molecule has 0 amide bonds. The normalized spacial score (nSPS) is 11.5. The summed E-state index contributed by atoms with van der Waals surface area (Å²) in [6, 6.07) is 67.8. The van der Waals surface area contributed by atoms with Crippen LogP contribution in [0.1, 0.15) is 0 Å². The molecule has 9 heteroatoms. The molecule has 0 radical (unpaired) electrons. The maximum atomic E-state index is 2.39. The van der Waals surface area contributed by atoms with Gasteiger partial charge in [0.25, 0.3) is 0 Å². The molecule has 0 saturated heterocycles. The predicted molar refractivity (Wildman–Crippen MR) is 222 cm³/mol. The molecule has 0 spiro atoms. The Labute approximate surface area is 305 Å². The fourth-order valence-corrected chi connectivity index (χ4v) is 75.4. The summed E-state index contributed by atoms with van der Waals surface area (Å²) >= 11 is 9.66. The quantitative estimate of drug-likeness (QED) is 0.0745. The molecule has 0 heterocycles. The molecular formula is C37H34P3S4Se2+3. The van der Waals surface area contributed by atoms with Crippen molar-refractivity contribution in [2.75, 3.05) is 0 Å². The summed E-state index contributed by atoms with van der Waals surface area (Å²) in [5.41, 5.74) is 0. The first kappa shape index (κ1) is 34.9. The molecule has 0 unspecified atom stereocenters. The van der Waals surface area contributed by atoms with Crippen LogP contribution in [0.5, 0.6) is 0 Å². The Hall–Kier alpha value is -0.951. The van der Waals surface area contributed by atoms with Gasteiger partial charge in [0.1, 0.15) is 0 Å². The molecule has 46 heavy (non-hydrogen) atoms. The van der Waals surface area contributed by atoms with Crippen molar-refractivity contribution < 1.29 is 0 Å². The van der Waals surface area contributed by atoms with Crippen molar-refractivity contribution >= 4 is 101 Å². The van der Waals surface area contributed by atoms with E-state index in [1.54, 1.807) is 8.92 Å². The number of hydrogen-bond acceptors (Lipinski definition) is 4. The molecule has 6 aromatic rings. The van der Waals surface area contributed by atoms with Gasteiger partial charge >= 0.3 is 308 Å². The Morgan fingerprint density at radius 2 is 0.565 bits per heavy atom. The van der Waals surface area contributed by atoms with E-state index in [1.165, 1.54) is 19.6 Å². The predicted octanol–water partition coefficient (Wildman–Crippen LogP) is 11.6. The van der Waals surface area contributed by atoms with Crippen LogP contribution >= 0.6 is 63.5 Å². The Bertz CT molecular complexity index is 1380. The average Bonchev–Trinajstić information content (AvgIpc) is 3.11. The van der Waals surface area contributed by atoms with Gasteiger partial charge in [0.15, 0.2) is 0 Å². The second-order valence-electron chi connectivity index (χ2n) is 9.88. The summed E-state index contributed by atoms with van der Waals surface area (Å²) in [6.07, 6.45) is -2.10. The zero-order valence-electron chi connectivity index (χ0n) is 24.8. The third kappa shape index (κ3) is 11.0. The number of rotatable bonds is 15. The molecule has 0 nitrogen and oxygen atoms in total. The van der Waals surface area contributed by atoms with Crippen LogP contribution in [0.15, 0.2) is 202 Å². The van der Waals surface area contributed by atoms with Crippen LogP contribution in [-0.2, 0) is 0 Å². The van der Waals surface area contributed by atoms with Gasteiger partial charge in [0, 0.05) is 0 Å². The van der Waals surface area contributed by atoms with Crippen LogP contribution in [-0.4, -0.2) is 34.2 Å². The Morgan fingerprint density at radius 1 is 0.326 bits per heavy atom. The third-order valence-corrected chi connectivity index (χ3v) is 53.6. The van der Waals surface area contributed by atoms with Crippen molar-refractivity contribution in [2.45, 2.75) is 24.7 Å². The number of benzene rings is 6. The molecular weight excluding hydrogens is 824 g/mol. The van der Waals surface area contributed by atoms with E-state index in [4.69, 9.17) is 0 Å². The van der Waals surface area contributed by atoms with E-state index in [2.05, 4.69) is 228 Å². The van der Waals surface area contributed by atoms with Gasteiger partial charge in [-0.15, -0.1) is 0 Å². The molecule has 6 aromatic carbocycles. The zero-order chi connectivity index (χ0) is 31.2. The van der Waals surface area contributed by atoms with Crippen molar-refractivity contribution in [3.63, 3.8) is 0 Å². The Morgan fingerprint density at radius 3 is 0.826 bits per heavy atom. The van der Waals surface area contributed by atoms with Gasteiger partial charge in [-0.3, -0.25) is 0 Å². The van der Waals surface area contributed by atoms with Gasteiger partial charge in [-0.2, -0.15) is 0 Å². The van der Waals surface area contributed by atoms with Crippen LogP contribution in [0.2, 0.25) is 0 Å². The van der Waals surface area contributed by atoms with Crippen LogP contribution in [0.25, 0.3) is 0 Å². The fraction of sp³-hybridized carbons (Fsp3) is 0.0270.